The molecule has 0 aliphatic heterocycles. The normalized spacial score (nSPS) is 10.2. The van der Waals surface area contributed by atoms with Crippen LogP contribution in [-0.4, -0.2) is 21.8 Å². The summed E-state index contributed by atoms with van der Waals surface area (Å²) in [4.78, 5) is 33.9. The van der Waals surface area contributed by atoms with Crippen molar-refractivity contribution in [3.05, 3.63) is 107 Å². The fraction of sp³-hybridized carbons (Fsp3) is 0.0741. The van der Waals surface area contributed by atoms with E-state index in [-0.39, 0.29) is 17.7 Å². The molecule has 0 spiro atoms. The molecule has 0 atom stereocenters. The van der Waals surface area contributed by atoms with Crippen molar-refractivity contribution in [1.29, 1.82) is 5.26 Å². The van der Waals surface area contributed by atoms with Gasteiger partial charge < -0.3 is 15.4 Å². The smallest absolute Gasteiger partial charge is 0.257 e. The SMILES string of the molecule is Cc1cc(Oc2ncccc2C#N)ccc1NC(=O)c1cccc(C)c1NC(=O)c1ccncc1. The topological polar surface area (TPSA) is 117 Å². The van der Waals surface area contributed by atoms with Crippen LogP contribution in [0.1, 0.15) is 37.4 Å². The predicted molar refractivity (Wildman–Crippen MR) is 132 cm³/mol. The van der Waals surface area contributed by atoms with Crippen LogP contribution in [0.5, 0.6) is 11.6 Å². The minimum Gasteiger partial charge on any atom is -0.438 e. The quantitative estimate of drug-likeness (QED) is 0.403. The summed E-state index contributed by atoms with van der Waals surface area (Å²) >= 11 is 0. The van der Waals surface area contributed by atoms with Crippen molar-refractivity contribution in [1.82, 2.24) is 9.97 Å². The monoisotopic (exact) mass is 463 g/mol. The lowest BCUT2D eigenvalue weighted by molar-refractivity contribution is 0.102. The number of anilines is 2. The first-order valence-corrected chi connectivity index (χ1v) is 10.7. The van der Waals surface area contributed by atoms with Crippen molar-refractivity contribution in [2.45, 2.75) is 13.8 Å². The number of aryl methyl sites for hydroxylation is 2. The Morgan fingerprint density at radius 2 is 1.69 bits per heavy atom. The number of hydrogen-bond donors (Lipinski definition) is 2. The van der Waals surface area contributed by atoms with Crippen molar-refractivity contribution < 1.29 is 14.3 Å². The molecular formula is C27H21N5O3. The third-order valence-corrected chi connectivity index (χ3v) is 5.25. The highest BCUT2D eigenvalue weighted by atomic mass is 16.5. The van der Waals surface area contributed by atoms with Crippen molar-refractivity contribution in [3.8, 4) is 17.7 Å². The summed E-state index contributed by atoms with van der Waals surface area (Å²) in [7, 11) is 0. The Kier molecular flexibility index (Phi) is 6.79. The molecule has 2 heterocycles. The van der Waals surface area contributed by atoms with E-state index in [1.165, 1.54) is 12.4 Å². The van der Waals surface area contributed by atoms with Gasteiger partial charge in [-0.25, -0.2) is 4.98 Å². The van der Waals surface area contributed by atoms with Crippen LogP contribution >= 0.6 is 0 Å². The summed E-state index contributed by atoms with van der Waals surface area (Å²) in [5.41, 5.74) is 3.61. The van der Waals surface area contributed by atoms with Crippen LogP contribution < -0.4 is 15.4 Å². The lowest BCUT2D eigenvalue weighted by atomic mass is 10.1. The van der Waals surface area contributed by atoms with Crippen LogP contribution in [0.4, 0.5) is 11.4 Å². The maximum Gasteiger partial charge on any atom is 0.257 e. The Morgan fingerprint density at radius 3 is 2.43 bits per heavy atom. The molecule has 2 aromatic carbocycles. The van der Waals surface area contributed by atoms with Crippen LogP contribution in [-0.2, 0) is 0 Å². The van der Waals surface area contributed by atoms with Gasteiger partial charge in [-0.1, -0.05) is 12.1 Å². The molecule has 2 aromatic heterocycles. The lowest BCUT2D eigenvalue weighted by Crippen LogP contribution is -2.19. The number of aromatic nitrogens is 2. The van der Waals surface area contributed by atoms with Gasteiger partial charge >= 0.3 is 0 Å². The van der Waals surface area contributed by atoms with E-state index in [4.69, 9.17) is 4.74 Å². The molecule has 0 radical (unpaired) electrons. The van der Waals surface area contributed by atoms with Gasteiger partial charge in [-0.2, -0.15) is 5.26 Å². The zero-order valence-corrected chi connectivity index (χ0v) is 19.1. The third kappa shape index (κ3) is 5.31. The van der Waals surface area contributed by atoms with Crippen molar-refractivity contribution in [3.63, 3.8) is 0 Å². The number of benzene rings is 2. The Bertz CT molecular complexity index is 1450. The maximum atomic E-state index is 13.2. The van der Waals surface area contributed by atoms with Gasteiger partial charge in [0.1, 0.15) is 17.4 Å². The van der Waals surface area contributed by atoms with Crippen molar-refractivity contribution in [2.75, 3.05) is 10.6 Å². The average molecular weight is 463 g/mol. The van der Waals surface area contributed by atoms with E-state index >= 15 is 0 Å². The molecule has 172 valence electrons. The fourth-order valence-electron chi connectivity index (χ4n) is 3.41. The summed E-state index contributed by atoms with van der Waals surface area (Å²) in [6.07, 6.45) is 4.61. The Balaban J connectivity index is 1.54. The van der Waals surface area contributed by atoms with Gasteiger partial charge in [-0.05, 0) is 73.5 Å². The standard InChI is InChI=1S/C27H21N5O3/c1-17-5-3-7-22(24(17)32-25(33)19-10-13-29-14-11-19)26(34)31-23-9-8-21(15-18(23)2)35-27-20(16-28)6-4-12-30-27/h3-15H,1-2H3,(H,31,34)(H,32,33). The molecule has 4 aromatic rings. The second kappa shape index (κ2) is 10.3. The van der Waals surface area contributed by atoms with Crippen molar-refractivity contribution in [2.24, 2.45) is 0 Å². The number of amides is 2. The number of carbonyl (C=O) groups is 2. The van der Waals surface area contributed by atoms with Crippen LogP contribution in [0.3, 0.4) is 0 Å². The minimum atomic E-state index is -0.369. The van der Waals surface area contributed by atoms with Crippen LogP contribution in [0.25, 0.3) is 0 Å². The summed E-state index contributed by atoms with van der Waals surface area (Å²) in [6, 6.07) is 18.9. The van der Waals surface area contributed by atoms with Crippen molar-refractivity contribution >= 4 is 23.2 Å². The molecule has 0 bridgehead atoms. The first-order valence-electron chi connectivity index (χ1n) is 10.7. The number of rotatable bonds is 6. The van der Waals surface area contributed by atoms with Crippen LogP contribution in [0.15, 0.2) is 79.3 Å². The van der Waals surface area contributed by atoms with Gasteiger partial charge in [-0.3, -0.25) is 14.6 Å². The van der Waals surface area contributed by atoms with E-state index in [2.05, 4.69) is 20.6 Å². The molecule has 4 rings (SSSR count). The number of para-hydroxylation sites is 1. The minimum absolute atomic E-state index is 0.209. The van der Waals surface area contributed by atoms with E-state index in [1.54, 1.807) is 60.8 Å². The molecule has 2 amide bonds. The van der Waals surface area contributed by atoms with E-state index < -0.39 is 0 Å². The number of nitriles is 1. The largest absolute Gasteiger partial charge is 0.438 e. The Hall–Kier alpha value is -5.03. The Morgan fingerprint density at radius 1 is 0.886 bits per heavy atom. The fourth-order valence-corrected chi connectivity index (χ4v) is 3.41. The second-order valence-corrected chi connectivity index (χ2v) is 7.69. The number of hydrogen-bond acceptors (Lipinski definition) is 6. The highest BCUT2D eigenvalue weighted by molar-refractivity contribution is 6.13. The number of ether oxygens (including phenoxy) is 1. The molecular weight excluding hydrogens is 442 g/mol. The third-order valence-electron chi connectivity index (χ3n) is 5.25. The molecule has 8 nitrogen and oxygen atoms in total. The van der Waals surface area contributed by atoms with E-state index in [0.717, 1.165) is 11.1 Å². The van der Waals surface area contributed by atoms with Gasteiger partial charge in [0.2, 0.25) is 5.88 Å². The molecule has 0 fully saturated rings. The number of pyridine rings is 2. The molecule has 0 saturated carbocycles. The van der Waals surface area contributed by atoms with Crippen LogP contribution in [0.2, 0.25) is 0 Å². The van der Waals surface area contributed by atoms with Gasteiger partial charge in [0, 0.05) is 29.8 Å². The van der Waals surface area contributed by atoms with Gasteiger partial charge in [-0.15, -0.1) is 0 Å². The molecule has 0 saturated heterocycles. The molecule has 2 N–H and O–H groups in total. The van der Waals surface area contributed by atoms with Gasteiger partial charge in [0.05, 0.1) is 11.3 Å². The molecule has 8 heteroatoms. The summed E-state index contributed by atoms with van der Waals surface area (Å²) < 4.78 is 5.75. The van der Waals surface area contributed by atoms with Crippen LogP contribution in [0, 0.1) is 25.2 Å². The zero-order valence-electron chi connectivity index (χ0n) is 19.1. The predicted octanol–water partition coefficient (Wildman–Crippen LogP) is 5.26. The summed E-state index contributed by atoms with van der Waals surface area (Å²) in [5.74, 6) is -0.0104. The van der Waals surface area contributed by atoms with E-state index in [1.807, 2.05) is 26.0 Å². The highest BCUT2D eigenvalue weighted by Crippen LogP contribution is 2.28. The molecule has 0 unspecified atom stereocenters. The first-order chi connectivity index (χ1) is 17.0. The molecule has 0 aliphatic rings. The Labute approximate surface area is 202 Å². The zero-order chi connectivity index (χ0) is 24.8. The van der Waals surface area contributed by atoms with Gasteiger partial charge in [0.25, 0.3) is 11.8 Å². The lowest BCUT2D eigenvalue weighted by Gasteiger charge is -2.15. The molecule has 35 heavy (non-hydrogen) atoms. The maximum absolute atomic E-state index is 13.2. The van der Waals surface area contributed by atoms with Gasteiger partial charge in [0.15, 0.2) is 0 Å². The van der Waals surface area contributed by atoms with E-state index in [0.29, 0.717) is 33.8 Å². The average Bonchev–Trinajstić information content (AvgIpc) is 2.87. The first kappa shape index (κ1) is 23.1. The number of nitrogens with one attached hydrogen (secondary N) is 2. The number of carbonyl (C=O) groups excluding carboxylic acids is 2. The second-order valence-electron chi connectivity index (χ2n) is 7.69. The highest BCUT2D eigenvalue weighted by Gasteiger charge is 2.17. The summed E-state index contributed by atoms with van der Waals surface area (Å²) in [6.45, 7) is 3.65. The molecule has 0 aliphatic carbocycles. The number of nitrogens with zero attached hydrogens (tertiary/aromatic N) is 3. The van der Waals surface area contributed by atoms with E-state index in [9.17, 15) is 14.9 Å². The summed E-state index contributed by atoms with van der Waals surface area (Å²) in [5, 5.41) is 15.0.